The van der Waals surface area contributed by atoms with E-state index in [1.54, 1.807) is 51.1 Å². The highest BCUT2D eigenvalue weighted by Crippen LogP contribution is 2.23. The standard InChI is InChI=1S/C14H15NO3/c1-14(2,3)18-13(17)11-8-7-9-10(15-11)5-4-6-12(9)16/h4-8,16H,1-3H3. The van der Waals surface area contributed by atoms with Crippen molar-refractivity contribution in [1.29, 1.82) is 0 Å². The molecule has 0 aliphatic rings. The van der Waals surface area contributed by atoms with Crippen LogP contribution >= 0.6 is 0 Å². The third-order valence-corrected chi connectivity index (χ3v) is 2.32. The van der Waals surface area contributed by atoms with E-state index < -0.39 is 11.6 Å². The Bertz CT molecular complexity index is 600. The van der Waals surface area contributed by atoms with Gasteiger partial charge in [-0.3, -0.25) is 0 Å². The van der Waals surface area contributed by atoms with Gasteiger partial charge < -0.3 is 9.84 Å². The summed E-state index contributed by atoms with van der Waals surface area (Å²) in [5.41, 5.74) is 0.258. The number of ether oxygens (including phenoxy) is 1. The minimum Gasteiger partial charge on any atom is -0.507 e. The van der Waals surface area contributed by atoms with E-state index in [-0.39, 0.29) is 11.4 Å². The molecular formula is C14H15NO3. The van der Waals surface area contributed by atoms with Crippen molar-refractivity contribution in [3.63, 3.8) is 0 Å². The summed E-state index contributed by atoms with van der Waals surface area (Å²) in [6, 6.07) is 8.22. The molecule has 2 aromatic rings. The summed E-state index contributed by atoms with van der Waals surface area (Å²) in [5, 5.41) is 10.2. The minimum atomic E-state index is -0.549. The number of esters is 1. The Balaban J connectivity index is 2.39. The normalized spacial score (nSPS) is 11.5. The lowest BCUT2D eigenvalue weighted by atomic mass is 10.1. The number of phenols is 1. The first-order valence-corrected chi connectivity index (χ1v) is 5.69. The fourth-order valence-corrected chi connectivity index (χ4v) is 1.58. The van der Waals surface area contributed by atoms with E-state index in [2.05, 4.69) is 4.98 Å². The number of benzene rings is 1. The van der Waals surface area contributed by atoms with Crippen LogP contribution in [-0.4, -0.2) is 21.7 Å². The molecule has 0 fully saturated rings. The molecule has 0 spiro atoms. The molecule has 0 saturated carbocycles. The second kappa shape index (κ2) is 4.29. The summed E-state index contributed by atoms with van der Waals surface area (Å²) in [6.45, 7) is 5.41. The lowest BCUT2D eigenvalue weighted by Gasteiger charge is -2.19. The Hall–Kier alpha value is -2.10. The lowest BCUT2D eigenvalue weighted by molar-refractivity contribution is 0.00633. The number of fused-ring (bicyclic) bond motifs is 1. The van der Waals surface area contributed by atoms with E-state index >= 15 is 0 Å². The second-order valence-corrected chi connectivity index (χ2v) is 5.04. The number of nitrogens with zero attached hydrogens (tertiary/aromatic N) is 1. The van der Waals surface area contributed by atoms with Gasteiger partial charge in [0.1, 0.15) is 17.0 Å². The van der Waals surface area contributed by atoms with Crippen LogP contribution in [-0.2, 0) is 4.74 Å². The van der Waals surface area contributed by atoms with Crippen LogP contribution in [0.4, 0.5) is 0 Å². The van der Waals surface area contributed by atoms with Gasteiger partial charge in [0, 0.05) is 5.39 Å². The third kappa shape index (κ3) is 2.59. The van der Waals surface area contributed by atoms with Crippen molar-refractivity contribution in [2.45, 2.75) is 26.4 Å². The van der Waals surface area contributed by atoms with E-state index in [4.69, 9.17) is 4.74 Å². The summed E-state index contributed by atoms with van der Waals surface area (Å²) in [4.78, 5) is 16.0. The van der Waals surface area contributed by atoms with Crippen LogP contribution in [0.1, 0.15) is 31.3 Å². The minimum absolute atomic E-state index is 0.149. The number of phenolic OH excluding ortho intramolecular Hbond substituents is 1. The average molecular weight is 245 g/mol. The predicted octanol–water partition coefficient (Wildman–Crippen LogP) is 2.90. The summed E-state index contributed by atoms with van der Waals surface area (Å²) in [7, 11) is 0. The van der Waals surface area contributed by atoms with Crippen LogP contribution in [0.2, 0.25) is 0 Å². The number of hydrogen-bond acceptors (Lipinski definition) is 4. The monoisotopic (exact) mass is 245 g/mol. The van der Waals surface area contributed by atoms with Crippen molar-refractivity contribution in [2.24, 2.45) is 0 Å². The molecule has 4 nitrogen and oxygen atoms in total. The molecule has 0 atom stereocenters. The molecule has 2 rings (SSSR count). The van der Waals surface area contributed by atoms with Crippen LogP contribution < -0.4 is 0 Å². The Labute approximate surface area is 105 Å². The zero-order valence-electron chi connectivity index (χ0n) is 10.6. The molecule has 1 aromatic carbocycles. The van der Waals surface area contributed by atoms with Crippen LogP contribution in [0.25, 0.3) is 10.9 Å². The quantitative estimate of drug-likeness (QED) is 0.785. The van der Waals surface area contributed by atoms with E-state index in [9.17, 15) is 9.90 Å². The van der Waals surface area contributed by atoms with Gasteiger partial charge >= 0.3 is 5.97 Å². The van der Waals surface area contributed by atoms with Crippen LogP contribution in [0, 0.1) is 0 Å². The van der Waals surface area contributed by atoms with E-state index in [0.29, 0.717) is 10.9 Å². The maximum Gasteiger partial charge on any atom is 0.357 e. The van der Waals surface area contributed by atoms with Crippen molar-refractivity contribution in [1.82, 2.24) is 4.98 Å². The summed E-state index contributed by atoms with van der Waals surface area (Å²) in [5.74, 6) is -0.316. The van der Waals surface area contributed by atoms with Gasteiger partial charge in [0.05, 0.1) is 5.52 Å². The van der Waals surface area contributed by atoms with Gasteiger partial charge in [-0.1, -0.05) is 6.07 Å². The van der Waals surface area contributed by atoms with E-state index in [1.807, 2.05) is 0 Å². The van der Waals surface area contributed by atoms with E-state index in [0.717, 1.165) is 0 Å². The second-order valence-electron chi connectivity index (χ2n) is 5.04. The fourth-order valence-electron chi connectivity index (χ4n) is 1.58. The highest BCUT2D eigenvalue weighted by molar-refractivity contribution is 5.92. The number of aromatic hydroxyl groups is 1. The van der Waals surface area contributed by atoms with Gasteiger partial charge in [-0.25, -0.2) is 9.78 Å². The molecule has 0 bridgehead atoms. The molecule has 1 N–H and O–H groups in total. The maximum atomic E-state index is 11.8. The Kier molecular flexibility index (Phi) is 2.95. The first-order valence-electron chi connectivity index (χ1n) is 5.69. The third-order valence-electron chi connectivity index (χ3n) is 2.32. The topological polar surface area (TPSA) is 59.4 Å². The van der Waals surface area contributed by atoms with Crippen molar-refractivity contribution in [3.8, 4) is 5.75 Å². The van der Waals surface area contributed by atoms with Gasteiger partial charge in [0.2, 0.25) is 0 Å². The summed E-state index contributed by atoms with van der Waals surface area (Å²) < 4.78 is 5.24. The zero-order valence-corrected chi connectivity index (χ0v) is 10.6. The Morgan fingerprint density at radius 2 is 1.94 bits per heavy atom. The summed E-state index contributed by atoms with van der Waals surface area (Å²) >= 11 is 0. The zero-order chi connectivity index (χ0) is 13.3. The molecular weight excluding hydrogens is 230 g/mol. The highest BCUT2D eigenvalue weighted by atomic mass is 16.6. The van der Waals surface area contributed by atoms with Crippen molar-refractivity contribution < 1.29 is 14.6 Å². The number of aromatic nitrogens is 1. The van der Waals surface area contributed by atoms with Gasteiger partial charge in [0.25, 0.3) is 0 Å². The van der Waals surface area contributed by atoms with E-state index in [1.165, 1.54) is 0 Å². The number of carbonyl (C=O) groups is 1. The predicted molar refractivity (Wildman–Crippen MR) is 68.6 cm³/mol. The van der Waals surface area contributed by atoms with Crippen molar-refractivity contribution >= 4 is 16.9 Å². The average Bonchev–Trinajstić information content (AvgIpc) is 2.26. The molecule has 1 aromatic heterocycles. The molecule has 0 aliphatic heterocycles. The van der Waals surface area contributed by atoms with Crippen LogP contribution in [0.15, 0.2) is 30.3 Å². The Morgan fingerprint density at radius 3 is 2.61 bits per heavy atom. The van der Waals surface area contributed by atoms with Gasteiger partial charge in [0.15, 0.2) is 0 Å². The Morgan fingerprint density at radius 1 is 1.22 bits per heavy atom. The smallest absolute Gasteiger partial charge is 0.357 e. The number of rotatable bonds is 1. The van der Waals surface area contributed by atoms with Crippen LogP contribution in [0.5, 0.6) is 5.75 Å². The maximum absolute atomic E-state index is 11.8. The largest absolute Gasteiger partial charge is 0.507 e. The number of pyridine rings is 1. The SMILES string of the molecule is CC(C)(C)OC(=O)c1ccc2c(O)cccc2n1. The first-order chi connectivity index (χ1) is 8.37. The molecule has 94 valence electrons. The molecule has 1 heterocycles. The van der Waals surface area contributed by atoms with Crippen molar-refractivity contribution in [3.05, 3.63) is 36.0 Å². The molecule has 18 heavy (non-hydrogen) atoms. The van der Waals surface area contributed by atoms with Gasteiger partial charge in [-0.05, 0) is 45.0 Å². The molecule has 0 unspecified atom stereocenters. The molecule has 0 radical (unpaired) electrons. The first kappa shape index (κ1) is 12.4. The molecule has 0 amide bonds. The fraction of sp³-hybridized carbons (Fsp3) is 0.286. The lowest BCUT2D eigenvalue weighted by Crippen LogP contribution is -2.24. The molecule has 0 saturated heterocycles. The summed E-state index contributed by atoms with van der Waals surface area (Å²) in [6.07, 6.45) is 0. The molecule has 0 aliphatic carbocycles. The number of carbonyl (C=O) groups excluding carboxylic acids is 1. The van der Waals surface area contributed by atoms with Crippen molar-refractivity contribution in [2.75, 3.05) is 0 Å². The highest BCUT2D eigenvalue weighted by Gasteiger charge is 2.19. The van der Waals surface area contributed by atoms with Crippen LogP contribution in [0.3, 0.4) is 0 Å². The van der Waals surface area contributed by atoms with Gasteiger partial charge in [-0.15, -0.1) is 0 Å². The van der Waals surface area contributed by atoms with Gasteiger partial charge in [-0.2, -0.15) is 0 Å². The molecule has 4 heteroatoms. The number of hydrogen-bond donors (Lipinski definition) is 1.